The number of halogens is 1. The lowest BCUT2D eigenvalue weighted by Gasteiger charge is -2.08. The zero-order valence-corrected chi connectivity index (χ0v) is 17.0. The average molecular weight is 433 g/mol. The fourth-order valence-electron chi connectivity index (χ4n) is 2.78. The molecule has 27 heavy (non-hydrogen) atoms. The van der Waals surface area contributed by atoms with Gasteiger partial charge in [0.1, 0.15) is 0 Å². The van der Waals surface area contributed by atoms with Crippen LogP contribution in [0.3, 0.4) is 0 Å². The minimum Gasteiger partial charge on any atom is -0.303 e. The Balaban J connectivity index is 2.04. The van der Waals surface area contributed by atoms with Crippen molar-refractivity contribution in [2.75, 3.05) is 5.43 Å². The predicted octanol–water partition coefficient (Wildman–Crippen LogP) is 2.44. The van der Waals surface area contributed by atoms with Gasteiger partial charge in [0.15, 0.2) is 11.2 Å². The molecule has 142 valence electrons. The molecule has 0 spiro atoms. The number of unbranched alkanes of at least 4 members (excludes halogenated alkanes) is 1. The standard InChI is InChI=1S/C18H21BrN6O2/c1-4-5-10-25-14-15(23(2)18(27)24(3)16(14)26)21-17(25)22-20-11-12-6-8-13(19)9-7-12/h6-9,11H,4-5,10H2,1-3H3,(H,21,22)/b20-11+. The van der Waals surface area contributed by atoms with Crippen molar-refractivity contribution in [3.8, 4) is 0 Å². The number of fused-ring (bicyclic) bond motifs is 1. The van der Waals surface area contributed by atoms with Crippen LogP contribution in [0.4, 0.5) is 5.95 Å². The molecule has 0 fully saturated rings. The molecule has 0 saturated heterocycles. The number of anilines is 1. The van der Waals surface area contributed by atoms with E-state index in [2.05, 4.69) is 38.4 Å². The van der Waals surface area contributed by atoms with Crippen LogP contribution in [0.25, 0.3) is 11.2 Å². The van der Waals surface area contributed by atoms with E-state index >= 15 is 0 Å². The number of aryl methyl sites for hydroxylation is 2. The number of hydrazone groups is 1. The zero-order chi connectivity index (χ0) is 19.6. The Bertz CT molecular complexity index is 1110. The Morgan fingerprint density at radius 3 is 2.56 bits per heavy atom. The van der Waals surface area contributed by atoms with Crippen molar-refractivity contribution < 1.29 is 0 Å². The summed E-state index contributed by atoms with van der Waals surface area (Å²) in [6, 6.07) is 7.71. The first-order chi connectivity index (χ1) is 12.9. The molecule has 3 rings (SSSR count). The molecule has 8 nitrogen and oxygen atoms in total. The van der Waals surface area contributed by atoms with Crippen LogP contribution in [-0.4, -0.2) is 24.9 Å². The zero-order valence-electron chi connectivity index (χ0n) is 15.4. The molecule has 0 amide bonds. The van der Waals surface area contributed by atoms with Crippen LogP contribution in [-0.2, 0) is 20.6 Å². The summed E-state index contributed by atoms with van der Waals surface area (Å²) in [5.74, 6) is 0.435. The largest absolute Gasteiger partial charge is 0.332 e. The number of imidazole rings is 1. The third-order valence-electron chi connectivity index (χ3n) is 4.33. The quantitative estimate of drug-likeness (QED) is 0.478. The van der Waals surface area contributed by atoms with Crippen molar-refractivity contribution in [1.29, 1.82) is 0 Å². The van der Waals surface area contributed by atoms with Crippen LogP contribution >= 0.6 is 15.9 Å². The van der Waals surface area contributed by atoms with E-state index in [-0.39, 0.29) is 5.56 Å². The fourth-order valence-corrected chi connectivity index (χ4v) is 3.04. The summed E-state index contributed by atoms with van der Waals surface area (Å²) < 4.78 is 5.26. The van der Waals surface area contributed by atoms with Crippen LogP contribution < -0.4 is 16.7 Å². The van der Waals surface area contributed by atoms with Gasteiger partial charge >= 0.3 is 5.69 Å². The molecule has 0 aliphatic carbocycles. The monoisotopic (exact) mass is 432 g/mol. The maximum atomic E-state index is 12.6. The minimum absolute atomic E-state index is 0.348. The summed E-state index contributed by atoms with van der Waals surface area (Å²) in [7, 11) is 3.08. The number of aromatic nitrogens is 4. The topological polar surface area (TPSA) is 86.2 Å². The molecule has 1 aromatic carbocycles. The van der Waals surface area contributed by atoms with Gasteiger partial charge in [0, 0.05) is 25.1 Å². The molecular weight excluding hydrogens is 412 g/mol. The molecular formula is C18H21BrN6O2. The molecule has 0 aliphatic rings. The van der Waals surface area contributed by atoms with E-state index in [1.165, 1.54) is 11.6 Å². The Morgan fingerprint density at radius 1 is 1.19 bits per heavy atom. The Hall–Kier alpha value is -2.68. The Labute approximate surface area is 164 Å². The number of nitrogens with one attached hydrogen (secondary N) is 1. The highest BCUT2D eigenvalue weighted by atomic mass is 79.9. The van der Waals surface area contributed by atoms with E-state index in [0.717, 1.165) is 27.4 Å². The van der Waals surface area contributed by atoms with Crippen molar-refractivity contribution in [1.82, 2.24) is 18.7 Å². The number of nitrogens with zero attached hydrogens (tertiary/aromatic N) is 5. The van der Waals surface area contributed by atoms with Crippen molar-refractivity contribution in [3.63, 3.8) is 0 Å². The van der Waals surface area contributed by atoms with Gasteiger partial charge in [-0.15, -0.1) is 0 Å². The molecule has 0 radical (unpaired) electrons. The first kappa shape index (κ1) is 19.1. The lowest BCUT2D eigenvalue weighted by atomic mass is 10.2. The molecule has 9 heteroatoms. The maximum Gasteiger partial charge on any atom is 0.332 e. The van der Waals surface area contributed by atoms with E-state index in [4.69, 9.17) is 0 Å². The lowest BCUT2D eigenvalue weighted by molar-refractivity contribution is 0.641. The molecule has 0 bridgehead atoms. The second kappa shape index (κ2) is 7.91. The van der Waals surface area contributed by atoms with Gasteiger partial charge in [-0.25, -0.2) is 10.2 Å². The highest BCUT2D eigenvalue weighted by Gasteiger charge is 2.18. The average Bonchev–Trinajstić information content (AvgIpc) is 3.03. The smallest absolute Gasteiger partial charge is 0.303 e. The van der Waals surface area contributed by atoms with Gasteiger partial charge in [0.05, 0.1) is 6.21 Å². The molecule has 1 N–H and O–H groups in total. The molecule has 0 saturated carbocycles. The summed E-state index contributed by atoms with van der Waals surface area (Å²) in [6.07, 6.45) is 3.52. The van der Waals surface area contributed by atoms with Gasteiger partial charge in [-0.05, 0) is 24.1 Å². The minimum atomic E-state index is -0.405. The van der Waals surface area contributed by atoms with E-state index in [1.54, 1.807) is 17.8 Å². The molecule has 0 atom stereocenters. The van der Waals surface area contributed by atoms with E-state index in [0.29, 0.717) is 23.7 Å². The van der Waals surface area contributed by atoms with Gasteiger partial charge in [-0.2, -0.15) is 10.1 Å². The fraction of sp³-hybridized carbons (Fsp3) is 0.333. The third-order valence-corrected chi connectivity index (χ3v) is 4.86. The highest BCUT2D eigenvalue weighted by molar-refractivity contribution is 9.10. The summed E-state index contributed by atoms with van der Waals surface area (Å²) in [4.78, 5) is 29.3. The normalized spacial score (nSPS) is 11.6. The van der Waals surface area contributed by atoms with E-state index in [1.807, 2.05) is 24.3 Å². The third kappa shape index (κ3) is 3.73. The highest BCUT2D eigenvalue weighted by Crippen LogP contribution is 2.17. The number of rotatable bonds is 6. The second-order valence-electron chi connectivity index (χ2n) is 6.24. The van der Waals surface area contributed by atoms with Crippen molar-refractivity contribution >= 4 is 39.3 Å². The van der Waals surface area contributed by atoms with Crippen LogP contribution in [0.2, 0.25) is 0 Å². The summed E-state index contributed by atoms with van der Waals surface area (Å²) >= 11 is 3.40. The first-order valence-electron chi connectivity index (χ1n) is 8.65. The van der Waals surface area contributed by atoms with Crippen LogP contribution in [0.1, 0.15) is 25.3 Å². The van der Waals surface area contributed by atoms with Gasteiger partial charge in [-0.3, -0.25) is 13.9 Å². The Morgan fingerprint density at radius 2 is 1.89 bits per heavy atom. The summed E-state index contributed by atoms with van der Waals surface area (Å²) in [5.41, 5.74) is 3.82. The van der Waals surface area contributed by atoms with E-state index in [9.17, 15) is 9.59 Å². The van der Waals surface area contributed by atoms with Crippen LogP contribution in [0.5, 0.6) is 0 Å². The number of hydrogen-bond donors (Lipinski definition) is 1. The molecule has 0 unspecified atom stereocenters. The summed E-state index contributed by atoms with van der Waals surface area (Å²) in [6.45, 7) is 2.68. The van der Waals surface area contributed by atoms with Crippen molar-refractivity contribution in [2.45, 2.75) is 26.3 Å². The van der Waals surface area contributed by atoms with Crippen molar-refractivity contribution in [3.05, 3.63) is 55.1 Å². The SMILES string of the molecule is CCCCn1c(N/N=C/c2ccc(Br)cc2)nc2c1c(=O)n(C)c(=O)n2C. The first-order valence-corrected chi connectivity index (χ1v) is 9.44. The van der Waals surface area contributed by atoms with Gasteiger partial charge < -0.3 is 4.57 Å². The maximum absolute atomic E-state index is 12.6. The Kier molecular flexibility index (Phi) is 5.59. The lowest BCUT2D eigenvalue weighted by Crippen LogP contribution is -2.37. The van der Waals surface area contributed by atoms with E-state index < -0.39 is 5.69 Å². The predicted molar refractivity (Wildman–Crippen MR) is 110 cm³/mol. The number of benzene rings is 1. The van der Waals surface area contributed by atoms with Gasteiger partial charge in [0.2, 0.25) is 5.95 Å². The van der Waals surface area contributed by atoms with Gasteiger partial charge in [0.25, 0.3) is 5.56 Å². The molecule has 0 aliphatic heterocycles. The van der Waals surface area contributed by atoms with Gasteiger partial charge in [-0.1, -0.05) is 41.4 Å². The summed E-state index contributed by atoms with van der Waals surface area (Å²) in [5, 5.41) is 4.24. The van der Waals surface area contributed by atoms with Crippen LogP contribution in [0, 0.1) is 0 Å². The number of hydrogen-bond acceptors (Lipinski definition) is 5. The molecule has 3 aromatic rings. The van der Waals surface area contributed by atoms with Crippen LogP contribution in [0.15, 0.2) is 43.4 Å². The molecule has 2 aromatic heterocycles. The molecule has 2 heterocycles. The van der Waals surface area contributed by atoms with Crippen molar-refractivity contribution in [2.24, 2.45) is 19.2 Å². The second-order valence-corrected chi connectivity index (χ2v) is 7.16.